The van der Waals surface area contributed by atoms with Gasteiger partial charge in [0.2, 0.25) is 0 Å². The molecule has 0 aliphatic rings. The summed E-state index contributed by atoms with van der Waals surface area (Å²) in [6.07, 6.45) is 0.481. The number of benzene rings is 1. The second kappa shape index (κ2) is 8.47. The van der Waals surface area contributed by atoms with Gasteiger partial charge in [-0.1, -0.05) is 17.7 Å². The summed E-state index contributed by atoms with van der Waals surface area (Å²) in [5.41, 5.74) is -0.355. The first kappa shape index (κ1) is 22.5. The molecule has 0 unspecified atom stereocenters. The van der Waals surface area contributed by atoms with E-state index in [0.29, 0.717) is 22.3 Å². The first-order chi connectivity index (χ1) is 16.7. The van der Waals surface area contributed by atoms with E-state index in [1.165, 1.54) is 23.3 Å². The van der Waals surface area contributed by atoms with Gasteiger partial charge in [0.05, 0.1) is 45.6 Å². The second-order valence-corrected chi connectivity index (χ2v) is 7.85. The van der Waals surface area contributed by atoms with Gasteiger partial charge in [-0.05, 0) is 37.3 Å². The molecule has 5 aromatic rings. The Labute approximate surface area is 200 Å². The number of rotatable bonds is 4. The van der Waals surface area contributed by atoms with Gasteiger partial charge < -0.3 is 5.32 Å². The lowest BCUT2D eigenvalue weighted by Crippen LogP contribution is -2.18. The van der Waals surface area contributed by atoms with Crippen LogP contribution < -0.4 is 5.32 Å². The van der Waals surface area contributed by atoms with E-state index in [2.05, 4.69) is 30.6 Å². The van der Waals surface area contributed by atoms with E-state index < -0.39 is 23.3 Å². The van der Waals surface area contributed by atoms with Crippen molar-refractivity contribution in [2.24, 2.45) is 0 Å². The van der Waals surface area contributed by atoms with Gasteiger partial charge in [-0.15, -0.1) is 4.80 Å². The standard InChI is InChI=1S/C22H14ClF3N8O/c1-12-9-29-34(31-12)20-16(23)8-13(10-28-20)30-21(35)15-11-33(32-19(15)22(24,25)26)18-6-2-5-17-14(18)4-3-7-27-17/h2-11H,1H3,(H,30,35). The van der Waals surface area contributed by atoms with Gasteiger partial charge in [0.1, 0.15) is 0 Å². The number of carbonyl (C=O) groups is 1. The number of anilines is 1. The summed E-state index contributed by atoms with van der Waals surface area (Å²) < 4.78 is 42.4. The molecule has 4 heterocycles. The van der Waals surface area contributed by atoms with E-state index in [-0.39, 0.29) is 16.5 Å². The first-order valence-corrected chi connectivity index (χ1v) is 10.5. The maximum absolute atomic E-state index is 13.8. The van der Waals surface area contributed by atoms with Gasteiger partial charge in [-0.2, -0.15) is 28.5 Å². The van der Waals surface area contributed by atoms with Crippen LogP contribution in [-0.4, -0.2) is 40.6 Å². The molecular weight excluding hydrogens is 485 g/mol. The van der Waals surface area contributed by atoms with E-state index in [9.17, 15) is 18.0 Å². The topological polar surface area (TPSA) is 103 Å². The smallest absolute Gasteiger partial charge is 0.320 e. The Morgan fingerprint density at radius 3 is 2.63 bits per heavy atom. The van der Waals surface area contributed by atoms with Crippen LogP contribution in [-0.2, 0) is 6.18 Å². The number of alkyl halides is 3. The third-order valence-electron chi connectivity index (χ3n) is 4.97. The maximum Gasteiger partial charge on any atom is 0.435 e. The van der Waals surface area contributed by atoms with Gasteiger partial charge in [0.25, 0.3) is 5.91 Å². The highest BCUT2D eigenvalue weighted by molar-refractivity contribution is 6.32. The summed E-state index contributed by atoms with van der Waals surface area (Å²) in [7, 11) is 0. The van der Waals surface area contributed by atoms with Crippen molar-refractivity contribution in [3.63, 3.8) is 0 Å². The van der Waals surface area contributed by atoms with Gasteiger partial charge in [-0.25, -0.2) is 9.67 Å². The Hall–Kier alpha value is -4.32. The molecule has 0 aliphatic heterocycles. The zero-order valence-corrected chi connectivity index (χ0v) is 18.6. The van der Waals surface area contributed by atoms with Crippen LogP contribution >= 0.6 is 11.6 Å². The predicted octanol–water partition coefficient (Wildman–Crippen LogP) is 4.63. The highest BCUT2D eigenvalue weighted by atomic mass is 35.5. The number of aromatic nitrogens is 7. The molecule has 176 valence electrons. The first-order valence-electron chi connectivity index (χ1n) is 10.1. The van der Waals surface area contributed by atoms with Gasteiger partial charge in [-0.3, -0.25) is 9.78 Å². The van der Waals surface area contributed by atoms with Crippen molar-refractivity contribution in [2.45, 2.75) is 13.1 Å². The number of halogens is 4. The Morgan fingerprint density at radius 1 is 1.09 bits per heavy atom. The number of pyridine rings is 2. The number of nitrogens with one attached hydrogen (secondary N) is 1. The average Bonchev–Trinajstić information content (AvgIpc) is 3.46. The number of hydrogen-bond acceptors (Lipinski definition) is 6. The molecule has 13 heteroatoms. The summed E-state index contributed by atoms with van der Waals surface area (Å²) in [5, 5.41) is 14.9. The molecular formula is C22H14ClF3N8O. The van der Waals surface area contributed by atoms with Crippen molar-refractivity contribution >= 4 is 34.1 Å². The van der Waals surface area contributed by atoms with Crippen molar-refractivity contribution in [1.82, 2.24) is 34.7 Å². The Morgan fingerprint density at radius 2 is 1.91 bits per heavy atom. The predicted molar refractivity (Wildman–Crippen MR) is 121 cm³/mol. The van der Waals surface area contributed by atoms with Crippen LogP contribution in [0.5, 0.6) is 0 Å². The average molecular weight is 499 g/mol. The Kier molecular flexibility index (Phi) is 5.44. The molecule has 0 saturated carbocycles. The molecule has 35 heavy (non-hydrogen) atoms. The fourth-order valence-electron chi connectivity index (χ4n) is 3.45. The minimum absolute atomic E-state index is 0.0860. The molecule has 1 amide bonds. The van der Waals surface area contributed by atoms with Crippen LogP contribution in [0, 0.1) is 6.92 Å². The van der Waals surface area contributed by atoms with Crippen LogP contribution in [0.1, 0.15) is 21.7 Å². The van der Waals surface area contributed by atoms with Gasteiger partial charge in [0.15, 0.2) is 11.5 Å². The maximum atomic E-state index is 13.8. The summed E-state index contributed by atoms with van der Waals surface area (Å²) in [6, 6.07) is 9.66. The molecule has 0 saturated heterocycles. The molecule has 0 aliphatic carbocycles. The normalized spacial score (nSPS) is 11.7. The molecule has 1 aromatic carbocycles. The zero-order chi connectivity index (χ0) is 24.7. The molecule has 9 nitrogen and oxygen atoms in total. The Bertz CT molecular complexity index is 1570. The second-order valence-electron chi connectivity index (χ2n) is 7.44. The molecule has 0 atom stereocenters. The zero-order valence-electron chi connectivity index (χ0n) is 17.8. The third kappa shape index (κ3) is 4.30. The minimum atomic E-state index is -4.87. The molecule has 0 bridgehead atoms. The van der Waals surface area contributed by atoms with Crippen molar-refractivity contribution in [3.05, 3.63) is 83.2 Å². The van der Waals surface area contributed by atoms with Gasteiger partial charge in [0, 0.05) is 17.8 Å². The minimum Gasteiger partial charge on any atom is -0.320 e. The number of nitrogens with zero attached hydrogens (tertiary/aromatic N) is 7. The van der Waals surface area contributed by atoms with E-state index in [0.717, 1.165) is 10.9 Å². The molecule has 0 fully saturated rings. The lowest BCUT2D eigenvalue weighted by molar-refractivity contribution is -0.141. The summed E-state index contributed by atoms with van der Waals surface area (Å²) in [4.78, 5) is 22.4. The quantitative estimate of drug-likeness (QED) is 0.387. The van der Waals surface area contributed by atoms with E-state index in [4.69, 9.17) is 11.6 Å². The van der Waals surface area contributed by atoms with Crippen molar-refractivity contribution < 1.29 is 18.0 Å². The van der Waals surface area contributed by atoms with Crippen LogP contribution in [0.25, 0.3) is 22.4 Å². The lowest BCUT2D eigenvalue weighted by atomic mass is 10.2. The number of amides is 1. The van der Waals surface area contributed by atoms with Crippen LogP contribution in [0.3, 0.4) is 0 Å². The highest BCUT2D eigenvalue weighted by Gasteiger charge is 2.39. The number of fused-ring (bicyclic) bond motifs is 1. The fourth-order valence-corrected chi connectivity index (χ4v) is 3.69. The van der Waals surface area contributed by atoms with Crippen molar-refractivity contribution in [3.8, 4) is 11.5 Å². The van der Waals surface area contributed by atoms with Crippen LogP contribution in [0.15, 0.2) is 61.2 Å². The fraction of sp³-hybridized carbons (Fsp3) is 0.0909. The molecule has 5 rings (SSSR count). The van der Waals surface area contributed by atoms with Crippen LogP contribution in [0.2, 0.25) is 5.02 Å². The third-order valence-corrected chi connectivity index (χ3v) is 5.25. The van der Waals surface area contributed by atoms with E-state index in [1.54, 1.807) is 43.5 Å². The van der Waals surface area contributed by atoms with Crippen molar-refractivity contribution in [2.75, 3.05) is 5.32 Å². The van der Waals surface area contributed by atoms with Crippen molar-refractivity contribution in [1.29, 1.82) is 0 Å². The van der Waals surface area contributed by atoms with Gasteiger partial charge >= 0.3 is 6.18 Å². The number of carbonyl (C=O) groups excluding carboxylic acids is 1. The molecule has 1 N–H and O–H groups in total. The van der Waals surface area contributed by atoms with Crippen LogP contribution in [0.4, 0.5) is 18.9 Å². The monoisotopic (exact) mass is 498 g/mol. The van der Waals surface area contributed by atoms with E-state index >= 15 is 0 Å². The summed E-state index contributed by atoms with van der Waals surface area (Å²) in [5.74, 6) is -0.827. The lowest BCUT2D eigenvalue weighted by Gasteiger charge is -2.08. The number of aryl methyl sites for hydroxylation is 1. The number of hydrogen-bond donors (Lipinski definition) is 1. The molecule has 0 spiro atoms. The largest absolute Gasteiger partial charge is 0.435 e. The Balaban J connectivity index is 1.50. The highest BCUT2D eigenvalue weighted by Crippen LogP contribution is 2.33. The molecule has 0 radical (unpaired) electrons. The van der Waals surface area contributed by atoms with E-state index in [1.807, 2.05) is 0 Å². The summed E-state index contributed by atoms with van der Waals surface area (Å²) >= 11 is 6.23. The molecule has 4 aromatic heterocycles. The SMILES string of the molecule is Cc1cnn(-c2ncc(NC(=O)c3cn(-c4cccc5ncccc45)nc3C(F)(F)F)cc2Cl)n1. The summed E-state index contributed by atoms with van der Waals surface area (Å²) in [6.45, 7) is 1.74.